The fraction of sp³-hybridized carbons (Fsp3) is 0.924. The van der Waals surface area contributed by atoms with Crippen LogP contribution in [0.25, 0.3) is 0 Å². The van der Waals surface area contributed by atoms with Gasteiger partial charge >= 0.3 is 39.5 Å². The van der Waals surface area contributed by atoms with Gasteiger partial charge in [0.2, 0.25) is 0 Å². The summed E-state index contributed by atoms with van der Waals surface area (Å²) in [6.07, 6.45) is 66.1. The highest BCUT2D eigenvalue weighted by Gasteiger charge is 2.30. The van der Waals surface area contributed by atoms with Crippen molar-refractivity contribution in [2.75, 3.05) is 39.6 Å². The molecule has 0 radical (unpaired) electrons. The zero-order chi connectivity index (χ0) is 71.8. The number of carbonyl (C=O) groups excluding carboxylic acids is 4. The highest BCUT2D eigenvalue weighted by atomic mass is 31.2. The summed E-state index contributed by atoms with van der Waals surface area (Å²) < 4.78 is 68.7. The van der Waals surface area contributed by atoms with Crippen molar-refractivity contribution in [3.05, 3.63) is 12.2 Å². The van der Waals surface area contributed by atoms with Gasteiger partial charge in [-0.3, -0.25) is 37.3 Å². The summed E-state index contributed by atoms with van der Waals surface area (Å²) in [5.74, 6) is -2.12. The Balaban J connectivity index is 5.28. The molecule has 0 aliphatic rings. The Morgan fingerprint density at radius 1 is 0.276 bits per heavy atom. The molecule has 0 aromatic carbocycles. The molecule has 0 saturated carbocycles. The zero-order valence-corrected chi connectivity index (χ0v) is 65.3. The van der Waals surface area contributed by atoms with Crippen LogP contribution >= 0.6 is 15.6 Å². The number of hydrogen-bond donors (Lipinski definition) is 3. The van der Waals surface area contributed by atoms with Crippen LogP contribution in [0, 0.1) is 0 Å². The molecule has 0 bridgehead atoms. The van der Waals surface area contributed by atoms with Crippen LogP contribution in [0.2, 0.25) is 0 Å². The fourth-order valence-corrected chi connectivity index (χ4v) is 13.6. The second-order valence-electron chi connectivity index (χ2n) is 28.1. The van der Waals surface area contributed by atoms with Crippen molar-refractivity contribution in [2.24, 2.45) is 0 Å². The van der Waals surface area contributed by atoms with E-state index in [1.54, 1.807) is 0 Å². The molecule has 0 spiro atoms. The lowest BCUT2D eigenvalue weighted by Crippen LogP contribution is -2.30. The van der Waals surface area contributed by atoms with Crippen LogP contribution < -0.4 is 0 Å². The van der Waals surface area contributed by atoms with Gasteiger partial charge in [0.25, 0.3) is 0 Å². The Labute approximate surface area is 600 Å². The molecule has 0 aliphatic heterocycles. The first-order valence-electron chi connectivity index (χ1n) is 40.9. The highest BCUT2D eigenvalue weighted by molar-refractivity contribution is 7.47. The van der Waals surface area contributed by atoms with Gasteiger partial charge < -0.3 is 33.8 Å². The number of rotatable bonds is 79. The van der Waals surface area contributed by atoms with E-state index in [0.29, 0.717) is 25.7 Å². The number of aliphatic hydroxyl groups excluding tert-OH is 1. The van der Waals surface area contributed by atoms with Crippen molar-refractivity contribution in [2.45, 2.75) is 431 Å². The SMILES string of the molecule is CCCCCCCC/C=C\CCCCCCCC(=O)O[C@H](COC(=O)CCCCCCCCCCCCCCC)COP(=O)(O)OC[C@H](O)COP(=O)(O)OC[C@@H](COC(=O)CCCCCCCCCCCCCCC)OC(=O)CCCCCCCCCCCCCCCCCCC. The van der Waals surface area contributed by atoms with E-state index in [1.165, 1.54) is 231 Å². The summed E-state index contributed by atoms with van der Waals surface area (Å²) in [4.78, 5) is 73.0. The van der Waals surface area contributed by atoms with Gasteiger partial charge in [-0.1, -0.05) is 348 Å². The molecule has 2 unspecified atom stereocenters. The monoisotopic (exact) mass is 1440 g/mol. The molecule has 0 aromatic heterocycles. The summed E-state index contributed by atoms with van der Waals surface area (Å²) in [5.41, 5.74) is 0. The Hall–Kier alpha value is -2.20. The maximum atomic E-state index is 13.1. The van der Waals surface area contributed by atoms with Gasteiger partial charge in [-0.05, 0) is 51.4 Å². The lowest BCUT2D eigenvalue weighted by Gasteiger charge is -2.21. The number of phosphoric ester groups is 2. The molecule has 19 heteroatoms. The van der Waals surface area contributed by atoms with E-state index in [9.17, 15) is 43.2 Å². The van der Waals surface area contributed by atoms with Gasteiger partial charge in [0, 0.05) is 25.7 Å². The molecule has 3 N–H and O–H groups in total. The molecular weight excluding hydrogens is 1280 g/mol. The van der Waals surface area contributed by atoms with Crippen molar-refractivity contribution in [3.8, 4) is 0 Å². The Morgan fingerprint density at radius 3 is 0.704 bits per heavy atom. The van der Waals surface area contributed by atoms with Gasteiger partial charge in [-0.2, -0.15) is 0 Å². The van der Waals surface area contributed by atoms with Crippen LogP contribution in [0.4, 0.5) is 0 Å². The maximum absolute atomic E-state index is 13.1. The standard InChI is InChI=1S/C79H152O17P2/c1-5-9-13-17-21-25-29-33-35-36-38-42-46-50-54-58-62-66-79(84)96-75(70-90-77(82)64-60-56-52-48-44-40-32-28-24-20-16-12-8-4)72-94-98(87,88)92-68-73(80)67-91-97(85,86)93-71-74(69-89-76(81)63-59-55-51-47-43-39-31-27-23-19-15-11-7-3)95-78(83)65-61-57-53-49-45-41-37-34-30-26-22-18-14-10-6-2/h34,37,73-75,80H,5-33,35-36,38-72H2,1-4H3,(H,85,86)(H,87,88)/b37-34-/t73-,74+,75+/m0/s1. The number of ether oxygens (including phenoxy) is 4. The second-order valence-corrected chi connectivity index (χ2v) is 31.0. The van der Waals surface area contributed by atoms with E-state index in [4.69, 9.17) is 37.0 Å². The predicted octanol–water partition coefficient (Wildman–Crippen LogP) is 23.6. The maximum Gasteiger partial charge on any atom is 0.472 e. The molecule has 0 aliphatic carbocycles. The first-order chi connectivity index (χ1) is 47.7. The van der Waals surface area contributed by atoms with Gasteiger partial charge in [0.15, 0.2) is 12.2 Å². The van der Waals surface area contributed by atoms with Gasteiger partial charge in [-0.15, -0.1) is 0 Å². The van der Waals surface area contributed by atoms with E-state index >= 15 is 0 Å². The molecule has 0 amide bonds. The fourth-order valence-electron chi connectivity index (χ4n) is 12.0. The smallest absolute Gasteiger partial charge is 0.462 e. The zero-order valence-electron chi connectivity index (χ0n) is 63.5. The Kier molecular flexibility index (Phi) is 71.5. The second kappa shape index (κ2) is 73.1. The molecule has 580 valence electrons. The predicted molar refractivity (Wildman–Crippen MR) is 400 cm³/mol. The minimum absolute atomic E-state index is 0.0952. The van der Waals surface area contributed by atoms with Gasteiger partial charge in [0.1, 0.15) is 19.3 Å². The summed E-state index contributed by atoms with van der Waals surface area (Å²) in [6.45, 7) is 4.99. The van der Waals surface area contributed by atoms with Crippen LogP contribution in [-0.2, 0) is 65.4 Å². The van der Waals surface area contributed by atoms with Crippen LogP contribution in [0.15, 0.2) is 12.2 Å². The lowest BCUT2D eigenvalue weighted by atomic mass is 10.0. The number of hydrogen-bond acceptors (Lipinski definition) is 15. The van der Waals surface area contributed by atoms with Crippen molar-refractivity contribution >= 4 is 39.5 Å². The van der Waals surface area contributed by atoms with Crippen molar-refractivity contribution in [1.82, 2.24) is 0 Å². The molecular formula is C79H152O17P2. The van der Waals surface area contributed by atoms with Gasteiger partial charge in [0.05, 0.1) is 26.4 Å². The first-order valence-corrected chi connectivity index (χ1v) is 43.9. The van der Waals surface area contributed by atoms with Crippen molar-refractivity contribution < 1.29 is 80.2 Å². The molecule has 0 fully saturated rings. The molecule has 17 nitrogen and oxygen atoms in total. The van der Waals surface area contributed by atoms with E-state index < -0.39 is 97.5 Å². The van der Waals surface area contributed by atoms with E-state index in [-0.39, 0.29) is 25.7 Å². The third-order valence-electron chi connectivity index (χ3n) is 18.3. The number of allylic oxidation sites excluding steroid dienone is 2. The van der Waals surface area contributed by atoms with E-state index in [1.807, 2.05) is 0 Å². The quantitative estimate of drug-likeness (QED) is 0.0169. The molecule has 98 heavy (non-hydrogen) atoms. The summed E-state index contributed by atoms with van der Waals surface area (Å²) in [5, 5.41) is 10.6. The van der Waals surface area contributed by atoms with Crippen LogP contribution in [0.1, 0.15) is 413 Å². The number of aliphatic hydroxyl groups is 1. The Bertz CT molecular complexity index is 1910. The minimum atomic E-state index is -4.96. The van der Waals surface area contributed by atoms with Crippen LogP contribution in [-0.4, -0.2) is 96.7 Å². The lowest BCUT2D eigenvalue weighted by molar-refractivity contribution is -0.161. The van der Waals surface area contributed by atoms with Crippen molar-refractivity contribution in [3.63, 3.8) is 0 Å². The summed E-state index contributed by atoms with van der Waals surface area (Å²) in [7, 11) is -9.92. The largest absolute Gasteiger partial charge is 0.472 e. The molecule has 0 heterocycles. The number of unbranched alkanes of at least 4 members (excludes halogenated alkanes) is 51. The number of esters is 4. The van der Waals surface area contributed by atoms with Crippen molar-refractivity contribution in [1.29, 1.82) is 0 Å². The van der Waals surface area contributed by atoms with Gasteiger partial charge in [-0.25, -0.2) is 9.13 Å². The molecule has 0 aromatic rings. The van der Waals surface area contributed by atoms with E-state index in [0.717, 1.165) is 103 Å². The summed E-state index contributed by atoms with van der Waals surface area (Å²) in [6, 6.07) is 0. The van der Waals surface area contributed by atoms with Crippen LogP contribution in [0.3, 0.4) is 0 Å². The highest BCUT2D eigenvalue weighted by Crippen LogP contribution is 2.45. The first kappa shape index (κ1) is 95.8. The topological polar surface area (TPSA) is 237 Å². The normalized spacial score (nSPS) is 13.9. The molecule has 0 rings (SSSR count). The Morgan fingerprint density at radius 2 is 0.469 bits per heavy atom. The van der Waals surface area contributed by atoms with E-state index in [2.05, 4.69) is 39.8 Å². The third-order valence-corrected chi connectivity index (χ3v) is 20.2. The molecule has 0 saturated heterocycles. The minimum Gasteiger partial charge on any atom is -0.462 e. The van der Waals surface area contributed by atoms with Crippen LogP contribution in [0.5, 0.6) is 0 Å². The third kappa shape index (κ3) is 72.2. The average molecular weight is 1440 g/mol. The molecule has 5 atom stereocenters. The number of carbonyl (C=O) groups is 4. The number of phosphoric acid groups is 2. The average Bonchev–Trinajstić information content (AvgIpc) is 1.13. The summed E-state index contributed by atoms with van der Waals surface area (Å²) >= 11 is 0.